The average molecular weight is 1080 g/mol. The number of unbranched alkanes of at least 4 members (excludes halogenated alkanes) is 11. The lowest BCUT2D eigenvalue weighted by Gasteiger charge is -2.20. The normalized spacial score (nSPS) is 23.0. The van der Waals surface area contributed by atoms with Crippen LogP contribution in [0.25, 0.3) is 0 Å². The number of carboxylic acids is 3. The highest BCUT2D eigenvalue weighted by molar-refractivity contribution is 5.90. The number of aliphatic hydroxyl groups excluding tert-OH is 3. The van der Waals surface area contributed by atoms with Crippen LogP contribution >= 0.6 is 0 Å². The van der Waals surface area contributed by atoms with Crippen molar-refractivity contribution in [2.24, 2.45) is 35.5 Å². The smallest absolute Gasteiger partial charge is 0.303 e. The summed E-state index contributed by atoms with van der Waals surface area (Å²) >= 11 is 0. The van der Waals surface area contributed by atoms with Crippen molar-refractivity contribution in [3.63, 3.8) is 0 Å². The quantitative estimate of drug-likeness (QED) is 0.0245. The molecular weight excluding hydrogens is 977 g/mol. The first-order valence-electron chi connectivity index (χ1n) is 29.2. The molecular formula is C60H98O16. The van der Waals surface area contributed by atoms with Crippen LogP contribution < -0.4 is 0 Å². The number of Topliss-reactive ketones (excluding diaryl/α,β-unsaturated/α-hetero) is 7. The molecule has 3 saturated carbocycles. The minimum Gasteiger partial charge on any atom is -0.481 e. The van der Waals surface area contributed by atoms with Crippen LogP contribution in [0.3, 0.4) is 0 Å². The molecule has 0 spiro atoms. The van der Waals surface area contributed by atoms with Crippen LogP contribution in [0.2, 0.25) is 0 Å². The second kappa shape index (κ2) is 41.8. The number of carbonyl (C=O) groups is 10. The van der Waals surface area contributed by atoms with Gasteiger partial charge in [0.05, 0.1) is 18.3 Å². The number of aliphatic hydroxyl groups is 3. The van der Waals surface area contributed by atoms with Crippen molar-refractivity contribution in [1.82, 2.24) is 0 Å². The summed E-state index contributed by atoms with van der Waals surface area (Å²) in [7, 11) is 0. The molecule has 3 aliphatic carbocycles. The van der Waals surface area contributed by atoms with E-state index in [1.807, 2.05) is 12.2 Å². The van der Waals surface area contributed by atoms with E-state index in [1.165, 1.54) is 0 Å². The summed E-state index contributed by atoms with van der Waals surface area (Å²) in [6.07, 6.45) is 23.6. The third kappa shape index (κ3) is 31.2. The Bertz CT molecular complexity index is 1800. The van der Waals surface area contributed by atoms with Gasteiger partial charge in [0.1, 0.15) is 40.5 Å². The van der Waals surface area contributed by atoms with Gasteiger partial charge in [-0.15, -0.1) is 0 Å². The Kier molecular flexibility index (Phi) is 38.3. The maximum absolute atomic E-state index is 12.1. The zero-order chi connectivity index (χ0) is 56.8. The number of aliphatic carboxylic acids is 3. The molecule has 3 fully saturated rings. The van der Waals surface area contributed by atoms with Gasteiger partial charge in [0.25, 0.3) is 0 Å². The Labute approximate surface area is 453 Å². The standard InChI is InChI=1S/C20H32O6.C20H34O5.C20H32O5/c1-2-3-4-7-14(21)10-11-16-17(19(24)13-18(16)23)12-15(22)8-5-6-9-20(25)26;2*1-2-3-6-9-15(21)12-13-17-16(18(22)14-19(17)23)10-7-4-5-8-11-20(24)25/h16-18,23H,2-13H2,1H3,(H,25,26);16-17,19,23H,2-14H2,1H3,(H,24,25);4,7,16-17,19,23H,2-3,5-6,8-14H2,1H3,(H,24,25)/b;;7-4-. The van der Waals surface area contributed by atoms with Gasteiger partial charge in [0.15, 0.2) is 0 Å². The zero-order valence-electron chi connectivity index (χ0n) is 46.6. The van der Waals surface area contributed by atoms with Crippen molar-refractivity contribution in [2.75, 3.05) is 0 Å². The van der Waals surface area contributed by atoms with E-state index in [0.717, 1.165) is 83.5 Å². The molecule has 0 aromatic rings. The molecule has 9 atom stereocenters. The lowest BCUT2D eigenvalue weighted by molar-refractivity contribution is -0.138. The molecule has 0 amide bonds. The maximum atomic E-state index is 12.1. The van der Waals surface area contributed by atoms with Gasteiger partial charge in [-0.25, -0.2) is 0 Å². The number of hydrogen-bond acceptors (Lipinski definition) is 13. The molecule has 0 heterocycles. The van der Waals surface area contributed by atoms with Gasteiger partial charge >= 0.3 is 17.9 Å². The van der Waals surface area contributed by atoms with Crippen molar-refractivity contribution < 1.29 is 78.6 Å². The molecule has 6 N–H and O–H groups in total. The second-order valence-corrected chi connectivity index (χ2v) is 21.8. The fourth-order valence-electron chi connectivity index (χ4n) is 10.9. The first kappa shape index (κ1) is 69.7. The van der Waals surface area contributed by atoms with Crippen molar-refractivity contribution in [3.05, 3.63) is 12.2 Å². The fourth-order valence-corrected chi connectivity index (χ4v) is 10.9. The number of ketones is 7. The predicted molar refractivity (Wildman–Crippen MR) is 289 cm³/mol. The van der Waals surface area contributed by atoms with Crippen LogP contribution in [0.15, 0.2) is 12.2 Å². The Balaban J connectivity index is 0.000000570. The Morgan fingerprint density at radius 2 is 0.724 bits per heavy atom. The Morgan fingerprint density at radius 3 is 1.17 bits per heavy atom. The highest BCUT2D eigenvalue weighted by atomic mass is 16.4. The van der Waals surface area contributed by atoms with Crippen LogP contribution in [0.5, 0.6) is 0 Å². The van der Waals surface area contributed by atoms with Gasteiger partial charge in [0.2, 0.25) is 0 Å². The van der Waals surface area contributed by atoms with Crippen molar-refractivity contribution >= 4 is 58.4 Å². The zero-order valence-corrected chi connectivity index (χ0v) is 46.6. The van der Waals surface area contributed by atoms with Gasteiger partial charge in [-0.1, -0.05) is 90.7 Å². The molecule has 434 valence electrons. The van der Waals surface area contributed by atoms with E-state index in [2.05, 4.69) is 20.8 Å². The predicted octanol–water partition coefficient (Wildman–Crippen LogP) is 10.7. The van der Waals surface area contributed by atoms with Gasteiger partial charge in [-0.3, -0.25) is 47.9 Å². The topological polar surface area (TPSA) is 292 Å². The summed E-state index contributed by atoms with van der Waals surface area (Å²) in [4.78, 5) is 116. The number of hydrogen-bond donors (Lipinski definition) is 6. The van der Waals surface area contributed by atoms with E-state index in [1.54, 1.807) is 0 Å². The minimum atomic E-state index is -0.879. The third-order valence-corrected chi connectivity index (χ3v) is 15.5. The van der Waals surface area contributed by atoms with Crippen molar-refractivity contribution in [3.8, 4) is 0 Å². The number of carboxylic acid groups (broad SMARTS) is 3. The molecule has 0 radical (unpaired) electrons. The lowest BCUT2D eigenvalue weighted by Crippen LogP contribution is -2.24. The van der Waals surface area contributed by atoms with Crippen LogP contribution in [-0.2, 0) is 47.9 Å². The highest BCUT2D eigenvalue weighted by Crippen LogP contribution is 2.38. The maximum Gasteiger partial charge on any atom is 0.303 e. The highest BCUT2D eigenvalue weighted by Gasteiger charge is 2.43. The largest absolute Gasteiger partial charge is 0.481 e. The molecule has 0 aromatic carbocycles. The van der Waals surface area contributed by atoms with Crippen molar-refractivity contribution in [1.29, 1.82) is 0 Å². The van der Waals surface area contributed by atoms with Gasteiger partial charge in [-0.2, -0.15) is 0 Å². The van der Waals surface area contributed by atoms with E-state index in [9.17, 15) is 63.3 Å². The first-order valence-corrected chi connectivity index (χ1v) is 29.2. The SMILES string of the molecule is CCCCCC(=O)CCC1C(O)CC(=O)C1C/C=C\CCCC(=O)O.CCCCCC(=O)CCC1C(O)CC(=O)C1CC(=O)CCCCC(=O)O.CCCCCC(=O)CCC1C(O)CC(=O)C1CCCCCCC(=O)O. The first-order chi connectivity index (χ1) is 36.2. The van der Waals surface area contributed by atoms with Gasteiger partial charge in [0, 0.05) is 108 Å². The van der Waals surface area contributed by atoms with Crippen LogP contribution in [-0.4, -0.2) is 107 Å². The van der Waals surface area contributed by atoms with Crippen molar-refractivity contribution in [2.45, 2.75) is 270 Å². The molecule has 76 heavy (non-hydrogen) atoms. The monoisotopic (exact) mass is 1070 g/mol. The Morgan fingerprint density at radius 1 is 0.382 bits per heavy atom. The molecule has 0 aromatic heterocycles. The lowest BCUT2D eigenvalue weighted by atomic mass is 9.84. The average Bonchev–Trinajstić information content (AvgIpc) is 3.90. The summed E-state index contributed by atoms with van der Waals surface area (Å²) in [6.45, 7) is 6.29. The number of rotatable bonds is 41. The van der Waals surface area contributed by atoms with E-state index >= 15 is 0 Å². The van der Waals surface area contributed by atoms with Gasteiger partial charge in [-0.05, 0) is 101 Å². The molecule has 3 aliphatic rings. The minimum absolute atomic E-state index is 0.0388. The molecule has 16 heteroatoms. The fraction of sp³-hybridized carbons (Fsp3) is 0.800. The van der Waals surface area contributed by atoms with E-state index in [0.29, 0.717) is 96.3 Å². The second-order valence-electron chi connectivity index (χ2n) is 21.8. The van der Waals surface area contributed by atoms with E-state index < -0.39 is 42.1 Å². The van der Waals surface area contributed by atoms with Crippen LogP contribution in [0, 0.1) is 35.5 Å². The van der Waals surface area contributed by atoms with Crippen LogP contribution in [0.4, 0.5) is 0 Å². The Hall–Kier alpha value is -4.28. The summed E-state index contributed by atoms with van der Waals surface area (Å²) in [5, 5.41) is 56.2. The molecule has 16 nitrogen and oxygen atoms in total. The summed E-state index contributed by atoms with van der Waals surface area (Å²) in [6, 6.07) is 0. The van der Waals surface area contributed by atoms with E-state index in [-0.39, 0.29) is 121 Å². The molecule has 0 aliphatic heterocycles. The summed E-state index contributed by atoms with van der Waals surface area (Å²) in [5.74, 6) is -3.16. The summed E-state index contributed by atoms with van der Waals surface area (Å²) in [5.41, 5.74) is 0. The third-order valence-electron chi connectivity index (χ3n) is 15.5. The summed E-state index contributed by atoms with van der Waals surface area (Å²) < 4.78 is 0. The van der Waals surface area contributed by atoms with Gasteiger partial charge < -0.3 is 30.6 Å². The molecule has 3 rings (SSSR count). The molecule has 0 saturated heterocycles. The number of carbonyl (C=O) groups excluding carboxylic acids is 7. The molecule has 9 unspecified atom stereocenters. The number of allylic oxidation sites excluding steroid dienone is 2. The van der Waals surface area contributed by atoms with Crippen LogP contribution in [0.1, 0.15) is 252 Å². The van der Waals surface area contributed by atoms with E-state index in [4.69, 9.17) is 15.3 Å². The molecule has 0 bridgehead atoms.